The maximum atomic E-state index is 5.76. The molecule has 0 spiro atoms. The molecule has 0 amide bonds. The summed E-state index contributed by atoms with van der Waals surface area (Å²) in [6.07, 6.45) is 1.82. The van der Waals surface area contributed by atoms with E-state index in [9.17, 15) is 0 Å². The molecule has 3 heteroatoms. The Balaban J connectivity index is 2.07. The van der Waals surface area contributed by atoms with Gasteiger partial charge in [-0.2, -0.15) is 0 Å². The summed E-state index contributed by atoms with van der Waals surface area (Å²) in [6, 6.07) is 10.8. The number of nitrogens with one attached hydrogen (secondary N) is 1. The minimum Gasteiger partial charge on any atom is -0.329 e. The van der Waals surface area contributed by atoms with Crippen molar-refractivity contribution in [2.75, 3.05) is 6.54 Å². The van der Waals surface area contributed by atoms with Crippen molar-refractivity contribution in [2.24, 2.45) is 11.7 Å². The summed E-state index contributed by atoms with van der Waals surface area (Å²) in [5.41, 5.74) is 8.07. The second-order valence-corrected chi connectivity index (χ2v) is 5.00. The zero-order chi connectivity index (χ0) is 13.0. The van der Waals surface area contributed by atoms with Crippen LogP contribution >= 0.6 is 0 Å². The average molecular weight is 243 g/mol. The number of benzene rings is 1. The number of nitrogens with zero attached hydrogens (tertiary/aromatic N) is 1. The summed E-state index contributed by atoms with van der Waals surface area (Å²) in [6.45, 7) is 5.90. The largest absolute Gasteiger partial charge is 0.329 e. The molecule has 1 atom stereocenters. The first-order valence-corrected chi connectivity index (χ1v) is 6.48. The summed E-state index contributed by atoms with van der Waals surface area (Å²) >= 11 is 0. The highest BCUT2D eigenvalue weighted by Gasteiger charge is 2.10. The Kier molecular flexibility index (Phi) is 4.28. The number of aromatic nitrogens is 1. The molecule has 0 aliphatic carbocycles. The van der Waals surface area contributed by atoms with E-state index in [0.29, 0.717) is 18.5 Å². The molecule has 0 saturated carbocycles. The zero-order valence-electron chi connectivity index (χ0n) is 11.1. The van der Waals surface area contributed by atoms with Crippen LogP contribution in [0.15, 0.2) is 36.5 Å². The van der Waals surface area contributed by atoms with Crippen molar-refractivity contribution in [2.45, 2.75) is 26.4 Å². The number of nitrogens with two attached hydrogens (primary N) is 1. The topological polar surface area (TPSA) is 50.9 Å². The number of pyridine rings is 1. The summed E-state index contributed by atoms with van der Waals surface area (Å²) < 4.78 is 0. The minimum absolute atomic E-state index is 0.370. The van der Waals surface area contributed by atoms with Crippen LogP contribution < -0.4 is 11.1 Å². The molecule has 0 radical (unpaired) electrons. The van der Waals surface area contributed by atoms with Crippen molar-refractivity contribution in [3.05, 3.63) is 42.1 Å². The first-order valence-electron chi connectivity index (χ1n) is 6.48. The zero-order valence-corrected chi connectivity index (χ0v) is 11.1. The summed E-state index contributed by atoms with van der Waals surface area (Å²) in [7, 11) is 0. The van der Waals surface area contributed by atoms with E-state index in [4.69, 9.17) is 5.73 Å². The van der Waals surface area contributed by atoms with E-state index in [1.807, 2.05) is 12.3 Å². The van der Waals surface area contributed by atoms with E-state index < -0.39 is 0 Å². The predicted molar refractivity (Wildman–Crippen MR) is 76.3 cm³/mol. The highest BCUT2D eigenvalue weighted by molar-refractivity contribution is 5.78. The molecule has 96 valence electrons. The molecule has 0 fully saturated rings. The van der Waals surface area contributed by atoms with Gasteiger partial charge in [-0.25, -0.2) is 0 Å². The molecule has 2 rings (SSSR count). The van der Waals surface area contributed by atoms with Crippen LogP contribution in [-0.2, 0) is 6.54 Å². The van der Waals surface area contributed by atoms with Crippen LogP contribution in [0.5, 0.6) is 0 Å². The molecule has 2 aromatic rings. The lowest BCUT2D eigenvalue weighted by molar-refractivity contribution is 0.405. The van der Waals surface area contributed by atoms with Gasteiger partial charge in [0.05, 0.1) is 5.52 Å². The Morgan fingerprint density at radius 1 is 1.28 bits per heavy atom. The lowest BCUT2D eigenvalue weighted by Crippen LogP contribution is -2.39. The van der Waals surface area contributed by atoms with Gasteiger partial charge in [0.15, 0.2) is 0 Å². The molecule has 1 aromatic carbocycles. The molecule has 0 aliphatic rings. The predicted octanol–water partition coefficient (Wildman–Crippen LogP) is 2.31. The molecule has 18 heavy (non-hydrogen) atoms. The molecular formula is C15H21N3. The van der Waals surface area contributed by atoms with Gasteiger partial charge >= 0.3 is 0 Å². The fraction of sp³-hybridized carbons (Fsp3) is 0.400. The Bertz CT molecular complexity index is 508. The third kappa shape index (κ3) is 3.06. The molecule has 0 saturated heterocycles. The standard InChI is InChI=1S/C15H21N3/c1-11(2)15(9-16)18-10-12-5-6-14-13(8-12)4-3-7-17-14/h3-8,11,15,18H,9-10,16H2,1-2H3. The van der Waals surface area contributed by atoms with E-state index in [-0.39, 0.29) is 0 Å². The van der Waals surface area contributed by atoms with E-state index in [2.05, 4.69) is 48.4 Å². The Morgan fingerprint density at radius 2 is 2.11 bits per heavy atom. The van der Waals surface area contributed by atoms with Gasteiger partial charge in [0.2, 0.25) is 0 Å². The second kappa shape index (κ2) is 5.94. The van der Waals surface area contributed by atoms with Crippen LogP contribution in [0.25, 0.3) is 10.9 Å². The molecule has 0 bridgehead atoms. The molecule has 1 unspecified atom stereocenters. The number of fused-ring (bicyclic) bond motifs is 1. The normalized spacial score (nSPS) is 13.1. The first kappa shape index (κ1) is 13.0. The van der Waals surface area contributed by atoms with Gasteiger partial charge in [-0.05, 0) is 29.7 Å². The van der Waals surface area contributed by atoms with Crippen molar-refractivity contribution >= 4 is 10.9 Å². The van der Waals surface area contributed by atoms with E-state index in [1.165, 1.54) is 10.9 Å². The fourth-order valence-electron chi connectivity index (χ4n) is 2.08. The maximum absolute atomic E-state index is 5.76. The molecule has 1 aromatic heterocycles. The number of rotatable bonds is 5. The third-order valence-electron chi connectivity index (χ3n) is 3.29. The monoisotopic (exact) mass is 243 g/mol. The smallest absolute Gasteiger partial charge is 0.0702 e. The quantitative estimate of drug-likeness (QED) is 0.847. The van der Waals surface area contributed by atoms with E-state index in [0.717, 1.165) is 12.1 Å². The van der Waals surface area contributed by atoms with Crippen LogP contribution in [0.4, 0.5) is 0 Å². The number of hydrogen-bond donors (Lipinski definition) is 2. The first-order chi connectivity index (χ1) is 8.70. The molecule has 3 N–H and O–H groups in total. The summed E-state index contributed by atoms with van der Waals surface area (Å²) in [5, 5.41) is 4.69. The van der Waals surface area contributed by atoms with Gasteiger partial charge in [0, 0.05) is 30.7 Å². The highest BCUT2D eigenvalue weighted by Crippen LogP contribution is 2.13. The third-order valence-corrected chi connectivity index (χ3v) is 3.29. The minimum atomic E-state index is 0.370. The van der Waals surface area contributed by atoms with Crippen LogP contribution in [0.3, 0.4) is 0 Å². The van der Waals surface area contributed by atoms with Crippen LogP contribution in [0.2, 0.25) is 0 Å². The Morgan fingerprint density at radius 3 is 2.83 bits per heavy atom. The number of hydrogen-bond acceptors (Lipinski definition) is 3. The van der Waals surface area contributed by atoms with E-state index in [1.54, 1.807) is 0 Å². The summed E-state index contributed by atoms with van der Waals surface area (Å²) in [4.78, 5) is 4.32. The second-order valence-electron chi connectivity index (χ2n) is 5.00. The van der Waals surface area contributed by atoms with Crippen molar-refractivity contribution in [3.63, 3.8) is 0 Å². The van der Waals surface area contributed by atoms with Gasteiger partial charge < -0.3 is 11.1 Å². The SMILES string of the molecule is CC(C)C(CN)NCc1ccc2ncccc2c1. The molecule has 3 nitrogen and oxygen atoms in total. The van der Waals surface area contributed by atoms with Crippen LogP contribution in [-0.4, -0.2) is 17.6 Å². The molecule has 0 aliphatic heterocycles. The van der Waals surface area contributed by atoms with Crippen molar-refractivity contribution in [1.29, 1.82) is 0 Å². The van der Waals surface area contributed by atoms with Gasteiger partial charge in [-0.15, -0.1) is 0 Å². The highest BCUT2D eigenvalue weighted by atomic mass is 14.9. The van der Waals surface area contributed by atoms with E-state index >= 15 is 0 Å². The van der Waals surface area contributed by atoms with Crippen LogP contribution in [0.1, 0.15) is 19.4 Å². The lowest BCUT2D eigenvalue weighted by Gasteiger charge is -2.20. The summed E-state index contributed by atoms with van der Waals surface area (Å²) in [5.74, 6) is 0.553. The van der Waals surface area contributed by atoms with Crippen molar-refractivity contribution in [1.82, 2.24) is 10.3 Å². The lowest BCUT2D eigenvalue weighted by atomic mass is 10.0. The molecule has 1 heterocycles. The molecular weight excluding hydrogens is 222 g/mol. The Hall–Kier alpha value is -1.45. The maximum Gasteiger partial charge on any atom is 0.0702 e. The van der Waals surface area contributed by atoms with Gasteiger partial charge in [0.25, 0.3) is 0 Å². The van der Waals surface area contributed by atoms with Gasteiger partial charge in [-0.1, -0.05) is 26.0 Å². The fourth-order valence-corrected chi connectivity index (χ4v) is 2.08. The van der Waals surface area contributed by atoms with Crippen LogP contribution in [0, 0.1) is 5.92 Å². The Labute approximate surface area is 108 Å². The van der Waals surface area contributed by atoms with Gasteiger partial charge in [0.1, 0.15) is 0 Å². The van der Waals surface area contributed by atoms with Crippen molar-refractivity contribution < 1.29 is 0 Å². The average Bonchev–Trinajstić information content (AvgIpc) is 2.39. The van der Waals surface area contributed by atoms with Gasteiger partial charge in [-0.3, -0.25) is 4.98 Å². The van der Waals surface area contributed by atoms with Crippen molar-refractivity contribution in [3.8, 4) is 0 Å².